The monoisotopic (exact) mass is 216 g/mol. The Labute approximate surface area is 90.9 Å². The van der Waals surface area contributed by atoms with Crippen LogP contribution in [0.1, 0.15) is 26.7 Å². The Bertz CT molecular complexity index is 187. The predicted octanol–water partition coefficient (Wildman–Crippen LogP) is 1.85. The van der Waals surface area contributed by atoms with E-state index in [2.05, 4.69) is 0 Å². The first-order chi connectivity index (χ1) is 7.20. The molecule has 0 rings (SSSR count). The molecule has 0 radical (unpaired) electrons. The molecule has 0 aliphatic heterocycles. The van der Waals surface area contributed by atoms with Crippen LogP contribution in [0.2, 0.25) is 0 Å². The summed E-state index contributed by atoms with van der Waals surface area (Å²) < 4.78 is 10.4. The topological polar surface area (TPSA) is 55.8 Å². The van der Waals surface area contributed by atoms with Gasteiger partial charge in [0.05, 0.1) is 13.2 Å². The standard InChI is InChI=1S/C11H20O4/c1-3-14-7-5-10(9-11(12)13)6-8-15-4-2/h9H,3-8H2,1-2H3,(H,12,13). The van der Waals surface area contributed by atoms with Crippen LogP contribution in [0, 0.1) is 0 Å². The molecule has 0 spiro atoms. The van der Waals surface area contributed by atoms with Gasteiger partial charge in [-0.3, -0.25) is 0 Å². The molecule has 15 heavy (non-hydrogen) atoms. The lowest BCUT2D eigenvalue weighted by Crippen LogP contribution is -2.02. The molecule has 88 valence electrons. The molecule has 0 aromatic carbocycles. The molecule has 0 atom stereocenters. The van der Waals surface area contributed by atoms with E-state index in [0.717, 1.165) is 5.57 Å². The van der Waals surface area contributed by atoms with Gasteiger partial charge in [0.1, 0.15) is 0 Å². The summed E-state index contributed by atoms with van der Waals surface area (Å²) in [6.45, 7) is 6.29. The van der Waals surface area contributed by atoms with Crippen molar-refractivity contribution in [2.75, 3.05) is 26.4 Å². The van der Waals surface area contributed by atoms with Gasteiger partial charge in [-0.25, -0.2) is 4.79 Å². The number of aliphatic carboxylic acids is 1. The number of hydrogen-bond donors (Lipinski definition) is 1. The van der Waals surface area contributed by atoms with Crippen molar-refractivity contribution < 1.29 is 19.4 Å². The van der Waals surface area contributed by atoms with E-state index < -0.39 is 5.97 Å². The minimum absolute atomic E-state index is 0.571. The Morgan fingerprint density at radius 3 is 1.93 bits per heavy atom. The van der Waals surface area contributed by atoms with E-state index in [-0.39, 0.29) is 0 Å². The Hall–Kier alpha value is -0.870. The van der Waals surface area contributed by atoms with Gasteiger partial charge < -0.3 is 14.6 Å². The first-order valence-corrected chi connectivity index (χ1v) is 5.28. The average molecular weight is 216 g/mol. The molecule has 0 saturated carbocycles. The lowest BCUT2D eigenvalue weighted by molar-refractivity contribution is -0.131. The zero-order valence-corrected chi connectivity index (χ0v) is 9.49. The van der Waals surface area contributed by atoms with Crippen LogP contribution in [0.3, 0.4) is 0 Å². The molecule has 0 bridgehead atoms. The maximum Gasteiger partial charge on any atom is 0.328 e. The van der Waals surface area contributed by atoms with E-state index in [1.807, 2.05) is 13.8 Å². The minimum Gasteiger partial charge on any atom is -0.478 e. The molecule has 0 aliphatic rings. The molecule has 0 fully saturated rings. The zero-order valence-electron chi connectivity index (χ0n) is 9.49. The Morgan fingerprint density at radius 2 is 1.60 bits per heavy atom. The molecular weight excluding hydrogens is 196 g/mol. The summed E-state index contributed by atoms with van der Waals surface area (Å²) in [5.41, 5.74) is 0.865. The van der Waals surface area contributed by atoms with Crippen molar-refractivity contribution in [2.45, 2.75) is 26.7 Å². The van der Waals surface area contributed by atoms with Crippen LogP contribution in [0.4, 0.5) is 0 Å². The second-order valence-corrected chi connectivity index (χ2v) is 3.03. The molecular formula is C11H20O4. The third-order valence-corrected chi connectivity index (χ3v) is 1.87. The van der Waals surface area contributed by atoms with Crippen LogP contribution in [0.15, 0.2) is 11.6 Å². The average Bonchev–Trinajstić information content (AvgIpc) is 2.17. The Morgan fingerprint density at radius 1 is 1.13 bits per heavy atom. The molecule has 0 amide bonds. The van der Waals surface area contributed by atoms with Crippen molar-refractivity contribution >= 4 is 5.97 Å². The molecule has 0 heterocycles. The number of carboxylic acids is 1. The van der Waals surface area contributed by atoms with Gasteiger partial charge in [0.25, 0.3) is 0 Å². The summed E-state index contributed by atoms with van der Waals surface area (Å²) in [7, 11) is 0. The van der Waals surface area contributed by atoms with E-state index in [9.17, 15) is 4.79 Å². The maximum absolute atomic E-state index is 10.5. The molecule has 1 N–H and O–H groups in total. The van der Waals surface area contributed by atoms with Gasteiger partial charge in [-0.15, -0.1) is 0 Å². The van der Waals surface area contributed by atoms with Crippen molar-refractivity contribution in [3.05, 3.63) is 11.6 Å². The van der Waals surface area contributed by atoms with Gasteiger partial charge >= 0.3 is 5.97 Å². The lowest BCUT2D eigenvalue weighted by atomic mass is 10.1. The van der Waals surface area contributed by atoms with Gasteiger partial charge in [-0.2, -0.15) is 0 Å². The SMILES string of the molecule is CCOCCC(=CC(=O)O)CCOCC. The first kappa shape index (κ1) is 14.1. The number of hydrogen-bond acceptors (Lipinski definition) is 3. The summed E-state index contributed by atoms with van der Waals surface area (Å²) in [6, 6.07) is 0. The minimum atomic E-state index is -0.905. The zero-order chi connectivity index (χ0) is 11.5. The highest BCUT2D eigenvalue weighted by atomic mass is 16.5. The van der Waals surface area contributed by atoms with Crippen molar-refractivity contribution in [1.82, 2.24) is 0 Å². The van der Waals surface area contributed by atoms with E-state index in [1.54, 1.807) is 0 Å². The maximum atomic E-state index is 10.5. The largest absolute Gasteiger partial charge is 0.478 e. The fraction of sp³-hybridized carbons (Fsp3) is 0.727. The van der Waals surface area contributed by atoms with Crippen molar-refractivity contribution in [1.29, 1.82) is 0 Å². The summed E-state index contributed by atoms with van der Waals surface area (Å²) in [6.07, 6.45) is 2.57. The van der Waals surface area contributed by atoms with Crippen LogP contribution in [0.5, 0.6) is 0 Å². The van der Waals surface area contributed by atoms with Gasteiger partial charge in [-0.1, -0.05) is 5.57 Å². The summed E-state index contributed by atoms with van der Waals surface area (Å²) >= 11 is 0. The first-order valence-electron chi connectivity index (χ1n) is 5.28. The molecule has 0 aromatic rings. The van der Waals surface area contributed by atoms with Crippen LogP contribution in [0.25, 0.3) is 0 Å². The second-order valence-electron chi connectivity index (χ2n) is 3.03. The van der Waals surface area contributed by atoms with Crippen molar-refractivity contribution in [2.24, 2.45) is 0 Å². The molecule has 4 nitrogen and oxygen atoms in total. The smallest absolute Gasteiger partial charge is 0.328 e. The number of rotatable bonds is 9. The van der Waals surface area contributed by atoms with Crippen LogP contribution in [-0.4, -0.2) is 37.5 Å². The lowest BCUT2D eigenvalue weighted by Gasteiger charge is -2.06. The number of carboxylic acid groups (broad SMARTS) is 1. The van der Waals surface area contributed by atoms with Gasteiger partial charge in [0.2, 0.25) is 0 Å². The molecule has 0 aliphatic carbocycles. The Kier molecular flexibility index (Phi) is 9.11. The van der Waals surface area contributed by atoms with E-state index in [0.29, 0.717) is 39.3 Å². The second kappa shape index (κ2) is 9.68. The van der Waals surface area contributed by atoms with E-state index >= 15 is 0 Å². The van der Waals surface area contributed by atoms with E-state index in [1.165, 1.54) is 6.08 Å². The van der Waals surface area contributed by atoms with Gasteiger partial charge in [-0.05, 0) is 26.7 Å². The normalized spacial score (nSPS) is 10.0. The number of ether oxygens (including phenoxy) is 2. The van der Waals surface area contributed by atoms with Crippen molar-refractivity contribution in [3.8, 4) is 0 Å². The highest BCUT2D eigenvalue weighted by molar-refractivity contribution is 5.80. The summed E-state index contributed by atoms with van der Waals surface area (Å²) in [5, 5.41) is 8.64. The molecule has 0 saturated heterocycles. The van der Waals surface area contributed by atoms with Gasteiger partial charge in [0.15, 0.2) is 0 Å². The third-order valence-electron chi connectivity index (χ3n) is 1.87. The molecule has 0 aromatic heterocycles. The number of carbonyl (C=O) groups is 1. The summed E-state index contributed by atoms with van der Waals surface area (Å²) in [4.78, 5) is 10.5. The van der Waals surface area contributed by atoms with E-state index in [4.69, 9.17) is 14.6 Å². The quantitative estimate of drug-likeness (QED) is 0.472. The fourth-order valence-electron chi connectivity index (χ4n) is 1.14. The highest BCUT2D eigenvalue weighted by Gasteiger charge is 2.01. The molecule has 0 unspecified atom stereocenters. The Balaban J connectivity index is 3.90. The van der Waals surface area contributed by atoms with Crippen LogP contribution >= 0.6 is 0 Å². The highest BCUT2D eigenvalue weighted by Crippen LogP contribution is 2.07. The van der Waals surface area contributed by atoms with Gasteiger partial charge in [0, 0.05) is 19.3 Å². The third kappa shape index (κ3) is 9.43. The van der Waals surface area contributed by atoms with Crippen molar-refractivity contribution in [3.63, 3.8) is 0 Å². The van der Waals surface area contributed by atoms with Crippen LogP contribution in [-0.2, 0) is 14.3 Å². The summed E-state index contributed by atoms with van der Waals surface area (Å²) in [5.74, 6) is -0.905. The van der Waals surface area contributed by atoms with Crippen LogP contribution < -0.4 is 0 Å². The fourth-order valence-corrected chi connectivity index (χ4v) is 1.14. The molecule has 4 heteroatoms. The predicted molar refractivity (Wildman–Crippen MR) is 57.9 cm³/mol.